The molecule has 1 aromatic carbocycles. The second kappa shape index (κ2) is 21.9. The summed E-state index contributed by atoms with van der Waals surface area (Å²) in [5.74, 6) is -6.28. The molecule has 0 aromatic heterocycles. The van der Waals surface area contributed by atoms with Crippen molar-refractivity contribution in [2.24, 2.45) is 35.5 Å². The number of carbonyl (C=O) groups excluding carboxylic acids is 7. The zero-order valence-corrected chi connectivity index (χ0v) is 46.4. The summed E-state index contributed by atoms with van der Waals surface area (Å²) in [6.07, 6.45) is 11.5. The SMILES string of the molecule is CN1CCCC/C=C\[C@@H]2C[C@@]2(C(=O)NS(=O)(=O)C2(C)CC2)NC(=O)[C@@H]2C[C@@H](O)C[C@H]2C1=O.CN1CCCCCC[C@@H]2C[C@@]2(C(=O)NS(=O)(=O)C2(C)CC2)NC(=O)[C@@H]2C[C@@H](OC(=O)Nc3cccc(N(C)C)c3)C[C@H]2C1=O. The van der Waals surface area contributed by atoms with Crippen molar-refractivity contribution in [2.45, 2.75) is 162 Å². The number of aliphatic hydroxyl groups excluding tert-OH is 1. The molecule has 76 heavy (non-hydrogen) atoms. The molecule has 7 amide bonds. The minimum absolute atomic E-state index is 0.111. The fraction of sp³-hybridized carbons (Fsp3) is 0.717. The fourth-order valence-electron chi connectivity index (χ4n) is 11.5. The highest BCUT2D eigenvalue weighted by Crippen LogP contribution is 2.51. The van der Waals surface area contributed by atoms with Crippen LogP contribution in [0.5, 0.6) is 0 Å². The topological polar surface area (TPSA) is 287 Å². The van der Waals surface area contributed by atoms with E-state index >= 15 is 0 Å². The van der Waals surface area contributed by atoms with E-state index in [2.05, 4.69) is 25.4 Å². The molecule has 21 nitrogen and oxygen atoms in total. The van der Waals surface area contributed by atoms with Gasteiger partial charge in [-0.2, -0.15) is 0 Å². The van der Waals surface area contributed by atoms with Crippen LogP contribution in [0.2, 0.25) is 0 Å². The van der Waals surface area contributed by atoms with Gasteiger partial charge in [0.25, 0.3) is 11.8 Å². The zero-order chi connectivity index (χ0) is 55.2. The number of fused-ring (bicyclic) bond motifs is 4. The molecule has 1 saturated heterocycles. The van der Waals surface area contributed by atoms with Crippen LogP contribution in [0.15, 0.2) is 36.4 Å². The monoisotopic (exact) mass is 1100 g/mol. The van der Waals surface area contributed by atoms with Gasteiger partial charge in [-0.1, -0.05) is 37.5 Å². The average Bonchev–Trinajstić information content (AvgIpc) is 4.31. The number of carbonyl (C=O) groups is 7. The summed E-state index contributed by atoms with van der Waals surface area (Å²) in [6, 6.07) is 7.27. The van der Waals surface area contributed by atoms with Gasteiger partial charge < -0.3 is 35.2 Å². The molecule has 10 atom stereocenters. The summed E-state index contributed by atoms with van der Waals surface area (Å²) in [6.45, 7) is 4.35. The van der Waals surface area contributed by atoms with Crippen LogP contribution in [-0.2, 0) is 53.6 Å². The first-order valence-electron chi connectivity index (χ1n) is 27.1. The molecule has 0 spiro atoms. The third kappa shape index (κ3) is 12.2. The molecule has 0 bridgehead atoms. The Morgan fingerprint density at radius 1 is 0.711 bits per heavy atom. The van der Waals surface area contributed by atoms with Crippen LogP contribution < -0.4 is 30.3 Å². The Bertz CT molecular complexity index is 2710. The highest BCUT2D eigenvalue weighted by molar-refractivity contribution is 7.92. The average molecular weight is 1100 g/mol. The summed E-state index contributed by atoms with van der Waals surface area (Å²) in [5.41, 5.74) is -1.24. The van der Waals surface area contributed by atoms with Crippen molar-refractivity contribution < 1.29 is 60.2 Å². The van der Waals surface area contributed by atoms with Gasteiger partial charge in [0, 0.05) is 58.6 Å². The molecule has 0 radical (unpaired) electrons. The van der Waals surface area contributed by atoms with E-state index in [9.17, 15) is 55.5 Å². The maximum absolute atomic E-state index is 13.9. The van der Waals surface area contributed by atoms with Gasteiger partial charge in [0.05, 0.1) is 39.3 Å². The number of sulfonamides is 2. The quantitative estimate of drug-likeness (QED) is 0.193. The van der Waals surface area contributed by atoms with E-state index in [-0.39, 0.29) is 49.3 Å². The zero-order valence-electron chi connectivity index (χ0n) is 44.7. The third-order valence-corrected chi connectivity index (χ3v) is 21.9. The molecule has 23 heteroatoms. The number of hydrogen-bond acceptors (Lipinski definition) is 14. The Kier molecular flexibility index (Phi) is 16.4. The molecular weight excluding hydrogens is 1020 g/mol. The van der Waals surface area contributed by atoms with Gasteiger partial charge in [-0.25, -0.2) is 21.6 Å². The number of benzene rings is 1. The molecule has 420 valence electrons. The van der Waals surface area contributed by atoms with Crippen LogP contribution in [0.3, 0.4) is 0 Å². The van der Waals surface area contributed by atoms with E-state index in [4.69, 9.17) is 4.74 Å². The minimum Gasteiger partial charge on any atom is -0.446 e. The molecule has 6 saturated carbocycles. The number of ether oxygens (including phenoxy) is 1. The Morgan fingerprint density at radius 3 is 1.84 bits per heavy atom. The molecule has 7 fully saturated rings. The standard InChI is InChI=1S/C31H45N5O7S.C22H33N3O6S/c1-30(13-14-30)44(41,42)34-28(39)31-19-20(31)10-7-5-6-8-15-36(4)27(38)25-18-23(17-24(25)26(37)33-31)43-29(40)32-21-11-9-12-22(16-21)35(2)3;1-21(8-9-21)32(30,31)24-20(29)22-13-14(22)7-5-3-4-6-10-25(2)19(28)17-12-15(26)11-16(17)18(27)23-22/h9,11-12,16,20,23-25H,5-8,10,13-15,17-19H2,1-4H3,(H,32,40)(H,33,37)(H,34,39);5,7,14-17,26H,3-4,6,8-13H2,1-2H3,(H,23,27)(H,24,29)/b;7-5-/t20-,23-,24-,25-,31-;14-,15-,16-,17-,22-/m11/s1. The van der Waals surface area contributed by atoms with E-state index in [1.807, 2.05) is 43.3 Å². The van der Waals surface area contributed by atoms with Gasteiger partial charge in [0.1, 0.15) is 17.2 Å². The highest BCUT2D eigenvalue weighted by atomic mass is 32.2. The van der Waals surface area contributed by atoms with Crippen LogP contribution in [0.4, 0.5) is 16.2 Å². The van der Waals surface area contributed by atoms with E-state index in [0.717, 1.165) is 50.6 Å². The number of nitrogens with zero attached hydrogens (tertiary/aromatic N) is 3. The highest BCUT2D eigenvalue weighted by Gasteiger charge is 2.65. The molecule has 0 unspecified atom stereocenters. The third-order valence-electron chi connectivity index (χ3n) is 17.6. The van der Waals surface area contributed by atoms with Gasteiger partial charge in [0.15, 0.2) is 0 Å². The van der Waals surface area contributed by atoms with Gasteiger partial charge in [0.2, 0.25) is 43.7 Å². The lowest BCUT2D eigenvalue weighted by Gasteiger charge is -2.27. The van der Waals surface area contributed by atoms with Gasteiger partial charge in [-0.15, -0.1) is 0 Å². The van der Waals surface area contributed by atoms with E-state index in [1.165, 1.54) is 0 Å². The van der Waals surface area contributed by atoms with Crippen molar-refractivity contribution in [1.82, 2.24) is 29.9 Å². The predicted octanol–water partition coefficient (Wildman–Crippen LogP) is 3.44. The lowest BCUT2D eigenvalue weighted by Crippen LogP contribution is -2.55. The van der Waals surface area contributed by atoms with Crippen molar-refractivity contribution in [2.75, 3.05) is 51.5 Å². The smallest absolute Gasteiger partial charge is 0.411 e. The Hall–Kier alpha value is -5.29. The number of nitrogens with one attached hydrogen (secondary N) is 5. The second-order valence-electron chi connectivity index (χ2n) is 23.7. The number of anilines is 2. The molecule has 8 aliphatic rings. The largest absolute Gasteiger partial charge is 0.446 e. The first kappa shape index (κ1) is 56.9. The lowest BCUT2D eigenvalue weighted by atomic mass is 9.92. The van der Waals surface area contributed by atoms with Crippen LogP contribution >= 0.6 is 0 Å². The number of allylic oxidation sites excluding steroid dienone is 1. The molecule has 9 rings (SSSR count). The molecule has 2 aliphatic heterocycles. The Morgan fingerprint density at radius 2 is 1.24 bits per heavy atom. The van der Waals surface area contributed by atoms with Crippen LogP contribution in [-0.4, -0.2) is 147 Å². The van der Waals surface area contributed by atoms with E-state index in [1.54, 1.807) is 49.9 Å². The first-order valence-corrected chi connectivity index (χ1v) is 30.1. The first-order chi connectivity index (χ1) is 35.7. The number of amides is 7. The normalized spacial score (nSPS) is 33.5. The maximum Gasteiger partial charge on any atom is 0.411 e. The van der Waals surface area contributed by atoms with Gasteiger partial charge >= 0.3 is 6.09 Å². The van der Waals surface area contributed by atoms with Crippen molar-refractivity contribution in [3.8, 4) is 0 Å². The predicted molar refractivity (Wildman–Crippen MR) is 282 cm³/mol. The summed E-state index contributed by atoms with van der Waals surface area (Å²) < 4.78 is 59.4. The summed E-state index contributed by atoms with van der Waals surface area (Å²) in [7, 11) is -0.525. The van der Waals surface area contributed by atoms with Crippen LogP contribution in [0, 0.1) is 35.5 Å². The van der Waals surface area contributed by atoms with Crippen molar-refractivity contribution >= 4 is 73.0 Å². The molecule has 6 aliphatic carbocycles. The summed E-state index contributed by atoms with van der Waals surface area (Å²) >= 11 is 0. The van der Waals surface area contributed by atoms with Crippen molar-refractivity contribution in [3.05, 3.63) is 36.4 Å². The van der Waals surface area contributed by atoms with E-state index in [0.29, 0.717) is 63.7 Å². The Balaban J connectivity index is 0.000000212. The van der Waals surface area contributed by atoms with Crippen LogP contribution in [0.1, 0.15) is 129 Å². The molecular formula is C53H78N8O13S2. The maximum atomic E-state index is 13.9. The van der Waals surface area contributed by atoms with Crippen molar-refractivity contribution in [3.63, 3.8) is 0 Å². The Labute approximate surface area is 446 Å². The summed E-state index contributed by atoms with van der Waals surface area (Å²) in [4.78, 5) is 98.4. The number of rotatable bonds is 9. The van der Waals surface area contributed by atoms with Gasteiger partial charge in [-0.05, 0) is 134 Å². The number of hydrogen-bond donors (Lipinski definition) is 6. The fourth-order valence-corrected chi connectivity index (χ4v) is 14.1. The summed E-state index contributed by atoms with van der Waals surface area (Å²) in [5, 5.41) is 18.6. The minimum atomic E-state index is -3.89. The van der Waals surface area contributed by atoms with Crippen LogP contribution in [0.25, 0.3) is 0 Å². The molecule has 1 aromatic rings. The van der Waals surface area contributed by atoms with Crippen molar-refractivity contribution in [1.29, 1.82) is 0 Å². The lowest BCUT2D eigenvalue weighted by molar-refractivity contribution is -0.141. The molecule has 6 N–H and O–H groups in total. The number of aliphatic hydroxyl groups is 1. The van der Waals surface area contributed by atoms with E-state index < -0.39 is 106 Å². The molecule has 2 heterocycles. The second-order valence-corrected chi connectivity index (χ2v) is 28.1. The van der Waals surface area contributed by atoms with Gasteiger partial charge in [-0.3, -0.25) is 43.5 Å².